The van der Waals surface area contributed by atoms with Crippen molar-refractivity contribution in [2.75, 3.05) is 13.2 Å². The van der Waals surface area contributed by atoms with Gasteiger partial charge in [0.1, 0.15) is 5.54 Å². The number of rotatable bonds is 2. The van der Waals surface area contributed by atoms with Crippen LogP contribution in [0, 0.1) is 0 Å². The van der Waals surface area contributed by atoms with E-state index in [2.05, 4.69) is 34.4 Å². The Balaban J connectivity index is 1.58. The highest BCUT2D eigenvalue weighted by atomic mass is 16.5. The molecule has 1 aromatic carbocycles. The van der Waals surface area contributed by atoms with Gasteiger partial charge in [-0.25, -0.2) is 0 Å². The first-order chi connectivity index (χ1) is 9.74. The minimum Gasteiger partial charge on any atom is -0.379 e. The van der Waals surface area contributed by atoms with Gasteiger partial charge >= 0.3 is 0 Å². The zero-order valence-electron chi connectivity index (χ0n) is 11.2. The van der Waals surface area contributed by atoms with Crippen LogP contribution in [0.5, 0.6) is 0 Å². The Bertz CT molecular complexity index is 607. The maximum absolute atomic E-state index is 6.26. The number of nitrogens with two attached hydrogens (primary N) is 1. The Morgan fingerprint density at radius 2 is 1.95 bits per heavy atom. The van der Waals surface area contributed by atoms with Gasteiger partial charge in [0.15, 0.2) is 5.82 Å². The Hall–Kier alpha value is -1.72. The number of hydrogen-bond donors (Lipinski definition) is 1. The van der Waals surface area contributed by atoms with E-state index in [1.807, 2.05) is 0 Å². The van der Waals surface area contributed by atoms with Crippen molar-refractivity contribution in [3.05, 3.63) is 47.1 Å². The molecule has 1 aliphatic heterocycles. The van der Waals surface area contributed by atoms with Gasteiger partial charge < -0.3 is 15.0 Å². The highest BCUT2D eigenvalue weighted by Gasteiger charge is 2.39. The van der Waals surface area contributed by atoms with Gasteiger partial charge in [0.25, 0.3) is 0 Å². The lowest BCUT2D eigenvalue weighted by atomic mass is 10.0. The summed E-state index contributed by atoms with van der Waals surface area (Å²) >= 11 is 0. The van der Waals surface area contributed by atoms with E-state index in [9.17, 15) is 0 Å². The lowest BCUT2D eigenvalue weighted by Gasteiger charge is -2.15. The van der Waals surface area contributed by atoms with Crippen LogP contribution in [-0.2, 0) is 23.1 Å². The predicted octanol–water partition coefficient (Wildman–Crippen LogP) is 1.53. The molecule has 0 radical (unpaired) electrons. The van der Waals surface area contributed by atoms with Crippen LogP contribution in [-0.4, -0.2) is 23.4 Å². The molecule has 2 aromatic rings. The summed E-state index contributed by atoms with van der Waals surface area (Å²) < 4.78 is 10.7. The average molecular weight is 271 g/mol. The molecule has 5 heteroatoms. The second kappa shape index (κ2) is 4.40. The Morgan fingerprint density at radius 1 is 1.20 bits per heavy atom. The summed E-state index contributed by atoms with van der Waals surface area (Å²) in [7, 11) is 0. The van der Waals surface area contributed by atoms with Gasteiger partial charge in [0.2, 0.25) is 5.89 Å². The maximum Gasteiger partial charge on any atom is 0.249 e. The molecule has 2 aliphatic rings. The summed E-state index contributed by atoms with van der Waals surface area (Å²) in [6.07, 6.45) is 2.69. The minimum absolute atomic E-state index is 0.302. The number of aromatic nitrogens is 2. The summed E-state index contributed by atoms with van der Waals surface area (Å²) in [5.74, 6) is 1.59. The van der Waals surface area contributed by atoms with Crippen molar-refractivity contribution in [1.82, 2.24) is 10.1 Å². The topological polar surface area (TPSA) is 74.2 Å². The van der Waals surface area contributed by atoms with E-state index in [0.29, 0.717) is 25.0 Å². The van der Waals surface area contributed by atoms with Crippen LogP contribution in [0.25, 0.3) is 0 Å². The second-order valence-corrected chi connectivity index (χ2v) is 5.79. The second-order valence-electron chi connectivity index (χ2n) is 5.79. The van der Waals surface area contributed by atoms with Gasteiger partial charge in [-0.3, -0.25) is 0 Å². The molecule has 1 unspecified atom stereocenters. The van der Waals surface area contributed by atoms with Crippen molar-refractivity contribution in [3.8, 4) is 0 Å². The van der Waals surface area contributed by atoms with Gasteiger partial charge in [-0.15, -0.1) is 0 Å². The first-order valence-electron chi connectivity index (χ1n) is 7.02. The summed E-state index contributed by atoms with van der Waals surface area (Å²) in [5, 5.41) is 4.15. The number of ether oxygens (including phenoxy) is 1. The van der Waals surface area contributed by atoms with E-state index in [4.69, 9.17) is 15.0 Å². The third-order valence-corrected chi connectivity index (χ3v) is 4.34. The summed E-state index contributed by atoms with van der Waals surface area (Å²) in [6, 6.07) is 8.50. The van der Waals surface area contributed by atoms with Crippen molar-refractivity contribution in [2.45, 2.75) is 30.7 Å². The van der Waals surface area contributed by atoms with Crippen LogP contribution in [0.4, 0.5) is 0 Å². The highest BCUT2D eigenvalue weighted by Crippen LogP contribution is 2.34. The summed E-state index contributed by atoms with van der Waals surface area (Å²) in [4.78, 5) is 4.55. The smallest absolute Gasteiger partial charge is 0.249 e. The lowest BCUT2D eigenvalue weighted by Crippen LogP contribution is -2.37. The van der Waals surface area contributed by atoms with E-state index >= 15 is 0 Å². The van der Waals surface area contributed by atoms with E-state index in [0.717, 1.165) is 25.1 Å². The molecule has 1 aliphatic carbocycles. The highest BCUT2D eigenvalue weighted by molar-refractivity contribution is 5.35. The largest absolute Gasteiger partial charge is 0.379 e. The van der Waals surface area contributed by atoms with Crippen molar-refractivity contribution in [1.29, 1.82) is 0 Å². The molecule has 0 saturated carbocycles. The Morgan fingerprint density at radius 3 is 2.60 bits per heavy atom. The molecule has 0 bridgehead atoms. The monoisotopic (exact) mass is 271 g/mol. The van der Waals surface area contributed by atoms with Crippen LogP contribution < -0.4 is 5.73 Å². The van der Waals surface area contributed by atoms with E-state index in [-0.39, 0.29) is 0 Å². The minimum atomic E-state index is -0.600. The fourth-order valence-corrected chi connectivity index (χ4v) is 3.09. The maximum atomic E-state index is 6.26. The zero-order valence-corrected chi connectivity index (χ0v) is 11.2. The average Bonchev–Trinajstić information content (AvgIpc) is 3.17. The molecular formula is C15H17N3O2. The molecule has 1 aromatic heterocycles. The van der Waals surface area contributed by atoms with Gasteiger partial charge in [-0.05, 0) is 30.4 Å². The van der Waals surface area contributed by atoms with Gasteiger partial charge in [0, 0.05) is 12.5 Å². The summed E-state index contributed by atoms with van der Waals surface area (Å²) in [5.41, 5.74) is 8.42. The van der Waals surface area contributed by atoms with Gasteiger partial charge in [-0.1, -0.05) is 29.4 Å². The van der Waals surface area contributed by atoms with Crippen molar-refractivity contribution in [3.63, 3.8) is 0 Å². The van der Waals surface area contributed by atoms with E-state index < -0.39 is 5.54 Å². The SMILES string of the molecule is NC1(c2nc(C3Cc4ccccc4C3)no2)CCOC1. The molecule has 2 heterocycles. The first kappa shape index (κ1) is 12.1. The molecule has 1 saturated heterocycles. The molecule has 5 nitrogen and oxygen atoms in total. The van der Waals surface area contributed by atoms with Gasteiger partial charge in [0.05, 0.1) is 6.61 Å². The molecule has 20 heavy (non-hydrogen) atoms. The molecular weight excluding hydrogens is 254 g/mol. The van der Waals surface area contributed by atoms with E-state index in [1.165, 1.54) is 11.1 Å². The van der Waals surface area contributed by atoms with Crippen LogP contribution in [0.3, 0.4) is 0 Å². The lowest BCUT2D eigenvalue weighted by molar-refractivity contribution is 0.166. The van der Waals surface area contributed by atoms with Crippen molar-refractivity contribution < 1.29 is 9.26 Å². The van der Waals surface area contributed by atoms with Crippen LogP contribution in [0.1, 0.15) is 35.2 Å². The number of hydrogen-bond acceptors (Lipinski definition) is 5. The number of benzene rings is 1. The Kier molecular flexibility index (Phi) is 2.65. The first-order valence-corrected chi connectivity index (χ1v) is 7.02. The fraction of sp³-hybridized carbons (Fsp3) is 0.467. The molecule has 104 valence electrons. The van der Waals surface area contributed by atoms with Gasteiger partial charge in [-0.2, -0.15) is 4.98 Å². The molecule has 0 spiro atoms. The quantitative estimate of drug-likeness (QED) is 0.896. The molecule has 4 rings (SSSR count). The molecule has 1 atom stereocenters. The zero-order chi connectivity index (χ0) is 13.6. The predicted molar refractivity (Wildman–Crippen MR) is 72.2 cm³/mol. The Labute approximate surface area is 117 Å². The fourth-order valence-electron chi connectivity index (χ4n) is 3.09. The van der Waals surface area contributed by atoms with Crippen LogP contribution in [0.15, 0.2) is 28.8 Å². The molecule has 1 fully saturated rings. The molecule has 0 amide bonds. The van der Waals surface area contributed by atoms with Crippen molar-refractivity contribution in [2.24, 2.45) is 5.73 Å². The third kappa shape index (κ3) is 1.85. The van der Waals surface area contributed by atoms with Crippen molar-refractivity contribution >= 4 is 0 Å². The third-order valence-electron chi connectivity index (χ3n) is 4.34. The summed E-state index contributed by atoms with van der Waals surface area (Å²) in [6.45, 7) is 1.11. The van der Waals surface area contributed by atoms with Crippen LogP contribution >= 0.6 is 0 Å². The number of nitrogens with zero attached hydrogens (tertiary/aromatic N) is 2. The van der Waals surface area contributed by atoms with Crippen LogP contribution in [0.2, 0.25) is 0 Å². The standard InChI is InChI=1S/C15H17N3O2/c16-15(5-6-19-9-15)14-17-13(18-20-14)12-7-10-3-1-2-4-11(10)8-12/h1-4,12H,5-9,16H2. The normalized spacial score (nSPS) is 26.1. The van der Waals surface area contributed by atoms with E-state index in [1.54, 1.807) is 0 Å². The molecule has 2 N–H and O–H groups in total. The number of fused-ring (bicyclic) bond motifs is 1.